The number of hydrogen-bond donors (Lipinski definition) is 1. The number of rotatable bonds is 4. The molecule has 0 atom stereocenters. The lowest BCUT2D eigenvalue weighted by Gasteiger charge is -2.13. The molecule has 0 saturated heterocycles. The summed E-state index contributed by atoms with van der Waals surface area (Å²) < 4.78 is 25.8. The Labute approximate surface area is 151 Å². The number of ether oxygens (including phenoxy) is 2. The second kappa shape index (κ2) is 6.44. The molecule has 0 bridgehead atoms. The van der Waals surface area contributed by atoms with Crippen LogP contribution in [-0.2, 0) is 13.0 Å². The van der Waals surface area contributed by atoms with Gasteiger partial charge in [0.2, 0.25) is 5.88 Å². The molecule has 0 amide bonds. The number of pyridine rings is 1. The zero-order chi connectivity index (χ0) is 17.4. The minimum Gasteiger partial charge on any atom is -0.493 e. The Kier molecular flexibility index (Phi) is 4.12. The Bertz CT molecular complexity index is 967. The van der Waals surface area contributed by atoms with Crippen LogP contribution in [0, 0.1) is 5.82 Å². The van der Waals surface area contributed by atoms with Crippen LogP contribution in [0.1, 0.15) is 11.1 Å². The van der Waals surface area contributed by atoms with Crippen molar-refractivity contribution < 1.29 is 13.9 Å². The van der Waals surface area contributed by atoms with Crippen LogP contribution in [0.2, 0.25) is 0 Å². The van der Waals surface area contributed by atoms with Crippen molar-refractivity contribution in [1.82, 2.24) is 15.0 Å². The molecule has 6 nitrogen and oxygen atoms in total. The largest absolute Gasteiger partial charge is 0.493 e. The maximum Gasteiger partial charge on any atom is 0.225 e. The fourth-order valence-electron chi connectivity index (χ4n) is 2.97. The third-order valence-electron chi connectivity index (χ3n) is 4.15. The Balaban J connectivity index is 1.71. The van der Waals surface area contributed by atoms with E-state index in [9.17, 15) is 4.39 Å². The molecule has 1 aromatic carbocycles. The zero-order valence-corrected chi connectivity index (χ0v) is 14.9. The highest BCUT2D eigenvalue weighted by Gasteiger charge is 2.20. The van der Waals surface area contributed by atoms with E-state index in [0.717, 1.165) is 15.8 Å². The highest BCUT2D eigenvalue weighted by Crippen LogP contribution is 2.34. The first-order valence-corrected chi connectivity index (χ1v) is 8.48. The lowest BCUT2D eigenvalue weighted by Crippen LogP contribution is -2.07. The first kappa shape index (κ1) is 16.0. The maximum absolute atomic E-state index is 14.3. The van der Waals surface area contributed by atoms with Crippen molar-refractivity contribution in [3.63, 3.8) is 0 Å². The van der Waals surface area contributed by atoms with E-state index in [4.69, 9.17) is 9.47 Å². The van der Waals surface area contributed by atoms with E-state index in [1.807, 2.05) is 0 Å². The van der Waals surface area contributed by atoms with Crippen LogP contribution < -0.4 is 14.8 Å². The zero-order valence-electron chi connectivity index (χ0n) is 13.3. The molecule has 0 radical (unpaired) electrons. The van der Waals surface area contributed by atoms with Crippen LogP contribution in [0.5, 0.6) is 11.6 Å². The SMILES string of the molecule is COc1ncnc2c(NCc3c(F)ccc4c3CCO4)ncc(Br)c12. The Hall–Kier alpha value is -2.48. The molecule has 0 saturated carbocycles. The molecular formula is C17H14BrFN4O2. The lowest BCUT2D eigenvalue weighted by molar-refractivity contribution is 0.356. The van der Waals surface area contributed by atoms with Gasteiger partial charge < -0.3 is 14.8 Å². The Morgan fingerprint density at radius 1 is 1.32 bits per heavy atom. The molecule has 8 heteroatoms. The van der Waals surface area contributed by atoms with Gasteiger partial charge >= 0.3 is 0 Å². The molecule has 3 heterocycles. The summed E-state index contributed by atoms with van der Waals surface area (Å²) in [4.78, 5) is 12.8. The topological polar surface area (TPSA) is 69.2 Å². The summed E-state index contributed by atoms with van der Waals surface area (Å²) in [5, 5.41) is 3.89. The second-order valence-corrected chi connectivity index (χ2v) is 6.37. The first-order valence-electron chi connectivity index (χ1n) is 7.69. The fraction of sp³-hybridized carbons (Fsp3) is 0.235. The minimum atomic E-state index is -0.259. The number of methoxy groups -OCH3 is 1. The summed E-state index contributed by atoms with van der Waals surface area (Å²) in [5.74, 6) is 1.47. The summed E-state index contributed by atoms with van der Waals surface area (Å²) in [5.41, 5.74) is 2.10. The van der Waals surface area contributed by atoms with E-state index in [-0.39, 0.29) is 12.4 Å². The highest BCUT2D eigenvalue weighted by molar-refractivity contribution is 9.10. The van der Waals surface area contributed by atoms with Crippen LogP contribution in [0.15, 0.2) is 29.1 Å². The van der Waals surface area contributed by atoms with Crippen molar-refractivity contribution in [2.45, 2.75) is 13.0 Å². The Morgan fingerprint density at radius 2 is 2.20 bits per heavy atom. The molecule has 0 spiro atoms. The molecule has 3 aromatic rings. The average molecular weight is 405 g/mol. The van der Waals surface area contributed by atoms with Gasteiger partial charge in [0, 0.05) is 30.3 Å². The molecule has 128 valence electrons. The molecule has 0 unspecified atom stereocenters. The number of halogens is 2. The normalized spacial score (nSPS) is 12.8. The van der Waals surface area contributed by atoms with E-state index in [0.29, 0.717) is 41.2 Å². The predicted octanol–water partition coefficient (Wildman–Crippen LogP) is 3.48. The van der Waals surface area contributed by atoms with Gasteiger partial charge in [-0.25, -0.2) is 19.3 Å². The molecule has 1 aliphatic rings. The van der Waals surface area contributed by atoms with Gasteiger partial charge in [-0.3, -0.25) is 0 Å². The number of anilines is 1. The van der Waals surface area contributed by atoms with Gasteiger partial charge in [0.05, 0.1) is 23.6 Å². The van der Waals surface area contributed by atoms with Gasteiger partial charge in [-0.05, 0) is 28.1 Å². The molecule has 2 aromatic heterocycles. The summed E-state index contributed by atoms with van der Waals surface area (Å²) >= 11 is 3.44. The van der Waals surface area contributed by atoms with E-state index < -0.39 is 0 Å². The number of nitrogens with zero attached hydrogens (tertiary/aromatic N) is 3. The molecule has 0 fully saturated rings. The van der Waals surface area contributed by atoms with Gasteiger partial charge in [-0.1, -0.05) is 0 Å². The van der Waals surface area contributed by atoms with Crippen molar-refractivity contribution in [2.75, 3.05) is 19.0 Å². The molecule has 1 aliphatic heterocycles. The predicted molar refractivity (Wildman–Crippen MR) is 94.5 cm³/mol. The third-order valence-corrected chi connectivity index (χ3v) is 4.75. The Morgan fingerprint density at radius 3 is 3.04 bits per heavy atom. The molecule has 1 N–H and O–H groups in total. The summed E-state index contributed by atoms with van der Waals surface area (Å²) in [6.07, 6.45) is 3.76. The summed E-state index contributed by atoms with van der Waals surface area (Å²) in [6.45, 7) is 0.865. The average Bonchev–Trinajstić information content (AvgIpc) is 3.10. The third kappa shape index (κ3) is 2.76. The van der Waals surface area contributed by atoms with Gasteiger partial charge in [0.1, 0.15) is 23.4 Å². The van der Waals surface area contributed by atoms with Gasteiger partial charge in [-0.2, -0.15) is 0 Å². The van der Waals surface area contributed by atoms with E-state index in [2.05, 4.69) is 36.2 Å². The number of aromatic nitrogens is 3. The van der Waals surface area contributed by atoms with Crippen molar-refractivity contribution in [3.05, 3.63) is 46.1 Å². The summed E-state index contributed by atoms with van der Waals surface area (Å²) in [6, 6.07) is 3.10. The van der Waals surface area contributed by atoms with Crippen LogP contribution in [0.3, 0.4) is 0 Å². The van der Waals surface area contributed by atoms with Gasteiger partial charge in [0.25, 0.3) is 0 Å². The van der Waals surface area contributed by atoms with E-state index in [1.54, 1.807) is 19.4 Å². The van der Waals surface area contributed by atoms with Crippen molar-refractivity contribution in [1.29, 1.82) is 0 Å². The first-order chi connectivity index (χ1) is 12.2. The van der Waals surface area contributed by atoms with Crippen LogP contribution in [0.25, 0.3) is 10.9 Å². The van der Waals surface area contributed by atoms with Crippen molar-refractivity contribution in [3.8, 4) is 11.6 Å². The quantitative estimate of drug-likeness (QED) is 0.717. The molecule has 4 rings (SSSR count). The monoisotopic (exact) mass is 404 g/mol. The number of hydrogen-bond acceptors (Lipinski definition) is 6. The van der Waals surface area contributed by atoms with Crippen LogP contribution in [-0.4, -0.2) is 28.7 Å². The molecule has 25 heavy (non-hydrogen) atoms. The highest BCUT2D eigenvalue weighted by atomic mass is 79.9. The smallest absolute Gasteiger partial charge is 0.225 e. The number of nitrogens with one attached hydrogen (secondary N) is 1. The number of fused-ring (bicyclic) bond motifs is 2. The lowest BCUT2D eigenvalue weighted by atomic mass is 10.0. The van der Waals surface area contributed by atoms with Gasteiger partial charge in [-0.15, -0.1) is 0 Å². The second-order valence-electron chi connectivity index (χ2n) is 5.52. The fourth-order valence-corrected chi connectivity index (χ4v) is 3.43. The molecule has 0 aliphatic carbocycles. The van der Waals surface area contributed by atoms with Crippen molar-refractivity contribution in [2.24, 2.45) is 0 Å². The molecular weight excluding hydrogens is 391 g/mol. The standard InChI is InChI=1S/C17H14BrFN4O2/c1-24-17-14-11(18)7-21-16(15(14)22-8-23-17)20-6-10-9-4-5-25-13(9)3-2-12(10)19/h2-3,7-8H,4-6H2,1H3,(H,20,21). The number of benzene rings is 1. The minimum absolute atomic E-state index is 0.259. The van der Waals surface area contributed by atoms with Crippen LogP contribution in [0.4, 0.5) is 10.2 Å². The van der Waals surface area contributed by atoms with Crippen molar-refractivity contribution >= 4 is 32.7 Å². The van der Waals surface area contributed by atoms with Crippen LogP contribution >= 0.6 is 15.9 Å². The van der Waals surface area contributed by atoms with E-state index >= 15 is 0 Å². The summed E-state index contributed by atoms with van der Waals surface area (Å²) in [7, 11) is 1.55. The maximum atomic E-state index is 14.3. The van der Waals surface area contributed by atoms with Gasteiger partial charge in [0.15, 0.2) is 5.82 Å². The van der Waals surface area contributed by atoms with E-state index in [1.165, 1.54) is 12.4 Å².